The Kier molecular flexibility index (Phi) is 4.19. The van der Waals surface area contributed by atoms with Crippen LogP contribution in [0.15, 0.2) is 18.3 Å². The highest BCUT2D eigenvalue weighted by molar-refractivity contribution is 5.69. The van der Waals surface area contributed by atoms with Gasteiger partial charge in [0.25, 0.3) is 0 Å². The summed E-state index contributed by atoms with van der Waals surface area (Å²) in [6, 6.07) is 3.98. The standard InChI is InChI=1S/C10H16N2O2/c1-12-7-2-3-9(12)5-8-14-10(13)4-6-11/h2-3,7H,4-6,8,11H2,1H3. The van der Waals surface area contributed by atoms with Crippen LogP contribution in [0.1, 0.15) is 12.1 Å². The van der Waals surface area contributed by atoms with Crippen molar-refractivity contribution >= 4 is 5.97 Å². The number of hydrogen-bond donors (Lipinski definition) is 1. The molecule has 0 saturated heterocycles. The molecule has 0 aliphatic heterocycles. The van der Waals surface area contributed by atoms with Gasteiger partial charge < -0.3 is 15.0 Å². The molecule has 2 N–H and O–H groups in total. The van der Waals surface area contributed by atoms with Crippen LogP contribution in [0.3, 0.4) is 0 Å². The Hall–Kier alpha value is -1.29. The maximum absolute atomic E-state index is 10.9. The van der Waals surface area contributed by atoms with Crippen LogP contribution in [0.25, 0.3) is 0 Å². The van der Waals surface area contributed by atoms with Gasteiger partial charge in [0.2, 0.25) is 0 Å². The van der Waals surface area contributed by atoms with Crippen LogP contribution >= 0.6 is 0 Å². The van der Waals surface area contributed by atoms with Gasteiger partial charge in [-0.25, -0.2) is 0 Å². The highest BCUT2D eigenvalue weighted by atomic mass is 16.5. The van der Waals surface area contributed by atoms with E-state index in [1.807, 2.05) is 29.9 Å². The lowest BCUT2D eigenvalue weighted by molar-refractivity contribution is -0.143. The minimum Gasteiger partial charge on any atom is -0.465 e. The molecule has 78 valence electrons. The third-order valence-corrected chi connectivity index (χ3v) is 2.02. The lowest BCUT2D eigenvalue weighted by Crippen LogP contribution is -2.13. The molecule has 1 aromatic heterocycles. The lowest BCUT2D eigenvalue weighted by atomic mass is 10.3. The van der Waals surface area contributed by atoms with Crippen molar-refractivity contribution in [1.29, 1.82) is 0 Å². The maximum atomic E-state index is 10.9. The molecule has 0 aromatic carbocycles. The highest BCUT2D eigenvalue weighted by Crippen LogP contribution is 2.00. The highest BCUT2D eigenvalue weighted by Gasteiger charge is 2.02. The predicted molar refractivity (Wildman–Crippen MR) is 53.7 cm³/mol. The molecule has 0 aliphatic carbocycles. The zero-order valence-electron chi connectivity index (χ0n) is 8.40. The Morgan fingerprint density at radius 1 is 1.64 bits per heavy atom. The number of esters is 1. The van der Waals surface area contributed by atoms with E-state index in [1.165, 1.54) is 0 Å². The first-order chi connectivity index (χ1) is 6.74. The fourth-order valence-corrected chi connectivity index (χ4v) is 1.22. The van der Waals surface area contributed by atoms with Crippen LogP contribution in [0.2, 0.25) is 0 Å². The number of aromatic nitrogens is 1. The average molecular weight is 196 g/mol. The van der Waals surface area contributed by atoms with Gasteiger partial charge in [-0.15, -0.1) is 0 Å². The van der Waals surface area contributed by atoms with E-state index in [9.17, 15) is 4.79 Å². The molecular weight excluding hydrogens is 180 g/mol. The Morgan fingerprint density at radius 2 is 2.43 bits per heavy atom. The van der Waals surface area contributed by atoms with E-state index in [0.717, 1.165) is 12.1 Å². The number of rotatable bonds is 5. The van der Waals surface area contributed by atoms with Crippen molar-refractivity contribution in [3.8, 4) is 0 Å². The summed E-state index contributed by atoms with van der Waals surface area (Å²) in [5, 5.41) is 0. The van der Waals surface area contributed by atoms with Crippen LogP contribution in [-0.4, -0.2) is 23.7 Å². The van der Waals surface area contributed by atoms with Gasteiger partial charge in [0.15, 0.2) is 0 Å². The van der Waals surface area contributed by atoms with Gasteiger partial charge in [0, 0.05) is 31.9 Å². The molecule has 0 bridgehead atoms. The fraction of sp³-hybridized carbons (Fsp3) is 0.500. The largest absolute Gasteiger partial charge is 0.465 e. The molecule has 0 radical (unpaired) electrons. The van der Waals surface area contributed by atoms with E-state index in [4.69, 9.17) is 10.5 Å². The smallest absolute Gasteiger partial charge is 0.307 e. The molecule has 0 spiro atoms. The topological polar surface area (TPSA) is 57.2 Å². The van der Waals surface area contributed by atoms with E-state index in [0.29, 0.717) is 19.6 Å². The molecule has 1 rings (SSSR count). The molecule has 4 heteroatoms. The first-order valence-electron chi connectivity index (χ1n) is 4.70. The van der Waals surface area contributed by atoms with Crippen molar-refractivity contribution in [3.05, 3.63) is 24.0 Å². The van der Waals surface area contributed by atoms with Gasteiger partial charge in [0.1, 0.15) is 0 Å². The van der Waals surface area contributed by atoms with E-state index in [2.05, 4.69) is 0 Å². The molecule has 1 aromatic rings. The van der Waals surface area contributed by atoms with E-state index >= 15 is 0 Å². The monoisotopic (exact) mass is 196 g/mol. The molecule has 1 heterocycles. The van der Waals surface area contributed by atoms with Gasteiger partial charge in [-0.3, -0.25) is 4.79 Å². The summed E-state index contributed by atoms with van der Waals surface area (Å²) < 4.78 is 6.99. The predicted octanol–water partition coefficient (Wildman–Crippen LogP) is 0.460. The molecule has 0 fully saturated rings. The number of nitrogens with two attached hydrogens (primary N) is 1. The lowest BCUT2D eigenvalue weighted by Gasteiger charge is -2.04. The first-order valence-corrected chi connectivity index (χ1v) is 4.70. The van der Waals surface area contributed by atoms with Gasteiger partial charge in [0.05, 0.1) is 13.0 Å². The van der Waals surface area contributed by atoms with Crippen LogP contribution < -0.4 is 5.73 Å². The number of carbonyl (C=O) groups excluding carboxylic acids is 1. The molecule has 4 nitrogen and oxygen atoms in total. The summed E-state index contributed by atoms with van der Waals surface area (Å²) in [6.45, 7) is 0.777. The number of hydrogen-bond acceptors (Lipinski definition) is 3. The summed E-state index contributed by atoms with van der Waals surface area (Å²) >= 11 is 0. The van der Waals surface area contributed by atoms with Crippen LogP contribution in [-0.2, 0) is 23.0 Å². The van der Waals surface area contributed by atoms with Gasteiger partial charge >= 0.3 is 5.97 Å². The number of aryl methyl sites for hydroxylation is 1. The molecule has 0 saturated carbocycles. The third kappa shape index (κ3) is 3.22. The second kappa shape index (κ2) is 5.44. The molecule has 0 aliphatic rings. The van der Waals surface area contributed by atoms with Gasteiger partial charge in [-0.05, 0) is 12.1 Å². The molecule has 14 heavy (non-hydrogen) atoms. The van der Waals surface area contributed by atoms with E-state index < -0.39 is 0 Å². The van der Waals surface area contributed by atoms with Crippen molar-refractivity contribution in [3.63, 3.8) is 0 Å². The van der Waals surface area contributed by atoms with Crippen molar-refractivity contribution in [2.24, 2.45) is 12.8 Å². The second-order valence-corrected chi connectivity index (χ2v) is 3.12. The molecule has 0 unspecified atom stereocenters. The zero-order chi connectivity index (χ0) is 10.4. The Morgan fingerprint density at radius 3 is 3.00 bits per heavy atom. The Balaban J connectivity index is 2.22. The van der Waals surface area contributed by atoms with Gasteiger partial charge in [-0.1, -0.05) is 0 Å². The minimum absolute atomic E-state index is 0.221. The van der Waals surface area contributed by atoms with E-state index in [1.54, 1.807) is 0 Å². The summed E-state index contributed by atoms with van der Waals surface area (Å²) in [7, 11) is 1.97. The van der Waals surface area contributed by atoms with Crippen LogP contribution in [0.5, 0.6) is 0 Å². The van der Waals surface area contributed by atoms with Crippen molar-refractivity contribution in [2.75, 3.05) is 13.2 Å². The summed E-state index contributed by atoms with van der Waals surface area (Å²) in [5.41, 5.74) is 6.37. The number of ether oxygens (including phenoxy) is 1. The summed E-state index contributed by atoms with van der Waals surface area (Å²) in [6.07, 6.45) is 3.02. The Bertz CT molecular complexity index is 294. The Labute approximate surface area is 83.7 Å². The molecule has 0 amide bonds. The van der Waals surface area contributed by atoms with Crippen LogP contribution in [0, 0.1) is 0 Å². The van der Waals surface area contributed by atoms with Crippen molar-refractivity contribution < 1.29 is 9.53 Å². The summed E-state index contributed by atoms with van der Waals surface area (Å²) in [4.78, 5) is 10.9. The zero-order valence-corrected chi connectivity index (χ0v) is 8.40. The number of nitrogens with zero attached hydrogens (tertiary/aromatic N) is 1. The fourth-order valence-electron chi connectivity index (χ4n) is 1.22. The van der Waals surface area contributed by atoms with Crippen molar-refractivity contribution in [1.82, 2.24) is 4.57 Å². The second-order valence-electron chi connectivity index (χ2n) is 3.12. The summed E-state index contributed by atoms with van der Waals surface area (Å²) in [5.74, 6) is -0.221. The third-order valence-electron chi connectivity index (χ3n) is 2.02. The molecular formula is C10H16N2O2. The maximum Gasteiger partial charge on any atom is 0.307 e. The molecule has 0 atom stereocenters. The van der Waals surface area contributed by atoms with Crippen molar-refractivity contribution in [2.45, 2.75) is 12.8 Å². The average Bonchev–Trinajstić information content (AvgIpc) is 2.52. The quantitative estimate of drug-likeness (QED) is 0.696. The van der Waals surface area contributed by atoms with Gasteiger partial charge in [-0.2, -0.15) is 0 Å². The SMILES string of the molecule is Cn1cccc1CCOC(=O)CCN. The van der Waals surface area contributed by atoms with E-state index in [-0.39, 0.29) is 5.97 Å². The minimum atomic E-state index is -0.221. The number of carbonyl (C=O) groups is 1. The first kappa shape index (κ1) is 10.8. The normalized spacial score (nSPS) is 10.1. The van der Waals surface area contributed by atoms with Crippen LogP contribution in [0.4, 0.5) is 0 Å².